The molecule has 2 aromatic heterocycles. The molecule has 0 saturated carbocycles. The van der Waals surface area contributed by atoms with Crippen molar-refractivity contribution in [3.05, 3.63) is 34.7 Å². The molecule has 74 valence electrons. The van der Waals surface area contributed by atoms with E-state index >= 15 is 0 Å². The summed E-state index contributed by atoms with van der Waals surface area (Å²) in [7, 11) is 1.93. The molecule has 1 N–H and O–H groups in total. The number of nitrogens with one attached hydrogen (secondary N) is 1. The van der Waals surface area contributed by atoms with Crippen molar-refractivity contribution < 1.29 is 0 Å². The van der Waals surface area contributed by atoms with Crippen LogP contribution in [-0.2, 0) is 7.05 Å². The molecule has 0 amide bonds. The Morgan fingerprint density at radius 3 is 2.93 bits per heavy atom. The van der Waals surface area contributed by atoms with Gasteiger partial charge in [0.25, 0.3) is 0 Å². The van der Waals surface area contributed by atoms with Gasteiger partial charge in [-0.05, 0) is 18.4 Å². The van der Waals surface area contributed by atoms with Gasteiger partial charge in [0, 0.05) is 18.0 Å². The van der Waals surface area contributed by atoms with Crippen LogP contribution in [0.3, 0.4) is 0 Å². The van der Waals surface area contributed by atoms with Crippen molar-refractivity contribution in [2.45, 2.75) is 13.0 Å². The standard InChI is InChI=1S/C10H13N3S/c1-8(9-4-3-7-14-9)12-10-5-6-11-13(10)2/h3-8,12H,1-2H3. The molecule has 0 fully saturated rings. The second kappa shape index (κ2) is 3.84. The smallest absolute Gasteiger partial charge is 0.124 e. The molecule has 0 bridgehead atoms. The first-order chi connectivity index (χ1) is 6.77. The normalized spacial score (nSPS) is 12.7. The maximum Gasteiger partial charge on any atom is 0.124 e. The first-order valence-corrected chi connectivity index (χ1v) is 5.43. The van der Waals surface area contributed by atoms with Crippen LogP contribution in [0.1, 0.15) is 17.8 Å². The van der Waals surface area contributed by atoms with E-state index in [0.29, 0.717) is 6.04 Å². The zero-order valence-electron chi connectivity index (χ0n) is 8.27. The van der Waals surface area contributed by atoms with Crippen LogP contribution in [0.4, 0.5) is 5.82 Å². The van der Waals surface area contributed by atoms with Crippen molar-refractivity contribution in [2.75, 3.05) is 5.32 Å². The van der Waals surface area contributed by atoms with Crippen LogP contribution >= 0.6 is 11.3 Å². The van der Waals surface area contributed by atoms with E-state index in [1.54, 1.807) is 17.5 Å². The Bertz CT molecular complexity index is 391. The summed E-state index contributed by atoms with van der Waals surface area (Å²) < 4.78 is 1.84. The average Bonchev–Trinajstić information content (AvgIpc) is 2.77. The zero-order valence-corrected chi connectivity index (χ0v) is 9.08. The second-order valence-electron chi connectivity index (χ2n) is 3.22. The number of hydrogen-bond donors (Lipinski definition) is 1. The minimum atomic E-state index is 0.338. The van der Waals surface area contributed by atoms with Gasteiger partial charge >= 0.3 is 0 Å². The molecule has 2 heterocycles. The molecule has 4 heteroatoms. The van der Waals surface area contributed by atoms with Gasteiger partial charge in [-0.15, -0.1) is 11.3 Å². The lowest BCUT2D eigenvalue weighted by atomic mass is 10.3. The van der Waals surface area contributed by atoms with E-state index in [9.17, 15) is 0 Å². The third-order valence-electron chi connectivity index (χ3n) is 2.16. The summed E-state index contributed by atoms with van der Waals surface area (Å²) in [4.78, 5) is 1.34. The van der Waals surface area contributed by atoms with E-state index in [1.165, 1.54) is 4.88 Å². The van der Waals surface area contributed by atoms with Gasteiger partial charge in [-0.3, -0.25) is 4.68 Å². The molecular weight excluding hydrogens is 194 g/mol. The van der Waals surface area contributed by atoms with Crippen LogP contribution in [0.15, 0.2) is 29.8 Å². The van der Waals surface area contributed by atoms with E-state index in [4.69, 9.17) is 0 Å². The Morgan fingerprint density at radius 1 is 1.50 bits per heavy atom. The summed E-state index contributed by atoms with van der Waals surface area (Å²) in [5.74, 6) is 1.05. The van der Waals surface area contributed by atoms with Gasteiger partial charge in [-0.1, -0.05) is 6.07 Å². The van der Waals surface area contributed by atoms with E-state index in [1.807, 2.05) is 17.8 Å². The zero-order chi connectivity index (χ0) is 9.97. The molecule has 0 spiro atoms. The molecule has 1 unspecified atom stereocenters. The SMILES string of the molecule is CC(Nc1ccnn1C)c1cccs1. The van der Waals surface area contributed by atoms with Gasteiger partial charge in [0.1, 0.15) is 5.82 Å². The first kappa shape index (κ1) is 9.27. The Balaban J connectivity index is 2.09. The van der Waals surface area contributed by atoms with Gasteiger partial charge in [0.2, 0.25) is 0 Å². The highest BCUT2D eigenvalue weighted by atomic mass is 32.1. The van der Waals surface area contributed by atoms with Crippen LogP contribution in [0.2, 0.25) is 0 Å². The summed E-state index contributed by atoms with van der Waals surface area (Å²) >= 11 is 1.77. The molecular formula is C10H13N3S. The van der Waals surface area contributed by atoms with Crippen molar-refractivity contribution in [1.82, 2.24) is 9.78 Å². The van der Waals surface area contributed by atoms with Crippen LogP contribution in [-0.4, -0.2) is 9.78 Å². The quantitative estimate of drug-likeness (QED) is 0.838. The Morgan fingerprint density at radius 2 is 2.36 bits per heavy atom. The maximum absolute atomic E-state index is 4.11. The van der Waals surface area contributed by atoms with Crippen molar-refractivity contribution in [3.63, 3.8) is 0 Å². The van der Waals surface area contributed by atoms with E-state index < -0.39 is 0 Å². The molecule has 14 heavy (non-hydrogen) atoms. The third kappa shape index (κ3) is 1.80. The van der Waals surface area contributed by atoms with E-state index in [0.717, 1.165) is 5.82 Å². The first-order valence-electron chi connectivity index (χ1n) is 4.55. The highest BCUT2D eigenvalue weighted by Crippen LogP contribution is 2.22. The number of rotatable bonds is 3. The lowest BCUT2D eigenvalue weighted by Crippen LogP contribution is -2.08. The summed E-state index contributed by atoms with van der Waals surface area (Å²) in [6, 6.07) is 6.52. The van der Waals surface area contributed by atoms with Gasteiger partial charge in [0.15, 0.2) is 0 Å². The molecule has 0 saturated heterocycles. The molecule has 2 aromatic rings. The van der Waals surface area contributed by atoms with Gasteiger partial charge in [-0.25, -0.2) is 0 Å². The molecule has 0 aromatic carbocycles. The Hall–Kier alpha value is -1.29. The molecule has 1 atom stereocenters. The van der Waals surface area contributed by atoms with Gasteiger partial charge < -0.3 is 5.32 Å². The average molecular weight is 207 g/mol. The van der Waals surface area contributed by atoms with E-state index in [-0.39, 0.29) is 0 Å². The van der Waals surface area contributed by atoms with Crippen molar-refractivity contribution in [2.24, 2.45) is 7.05 Å². The molecule has 0 aliphatic carbocycles. The lowest BCUT2D eigenvalue weighted by Gasteiger charge is -2.13. The molecule has 0 aliphatic heterocycles. The van der Waals surface area contributed by atoms with Gasteiger partial charge in [0.05, 0.1) is 12.2 Å². The Labute approximate surface area is 87.4 Å². The van der Waals surface area contributed by atoms with Crippen LogP contribution in [0.5, 0.6) is 0 Å². The fraction of sp³-hybridized carbons (Fsp3) is 0.300. The molecule has 2 rings (SSSR count). The minimum absolute atomic E-state index is 0.338. The lowest BCUT2D eigenvalue weighted by molar-refractivity contribution is 0.753. The van der Waals surface area contributed by atoms with Crippen molar-refractivity contribution >= 4 is 17.2 Å². The number of hydrogen-bond acceptors (Lipinski definition) is 3. The van der Waals surface area contributed by atoms with Crippen molar-refractivity contribution in [3.8, 4) is 0 Å². The van der Waals surface area contributed by atoms with Crippen LogP contribution in [0.25, 0.3) is 0 Å². The number of anilines is 1. The number of thiophene rings is 1. The second-order valence-corrected chi connectivity index (χ2v) is 4.20. The number of aryl methyl sites for hydroxylation is 1. The molecule has 3 nitrogen and oxygen atoms in total. The van der Waals surface area contributed by atoms with Gasteiger partial charge in [-0.2, -0.15) is 5.10 Å². The fourth-order valence-corrected chi connectivity index (χ4v) is 2.08. The highest BCUT2D eigenvalue weighted by Gasteiger charge is 2.07. The fourth-order valence-electron chi connectivity index (χ4n) is 1.35. The number of aromatic nitrogens is 2. The predicted octanol–water partition coefficient (Wildman–Crippen LogP) is 2.65. The van der Waals surface area contributed by atoms with Crippen molar-refractivity contribution in [1.29, 1.82) is 0 Å². The van der Waals surface area contributed by atoms with E-state index in [2.05, 4.69) is 34.9 Å². The maximum atomic E-state index is 4.11. The Kier molecular flexibility index (Phi) is 2.54. The van der Waals surface area contributed by atoms with Crippen LogP contribution < -0.4 is 5.32 Å². The predicted molar refractivity (Wildman–Crippen MR) is 59.6 cm³/mol. The number of nitrogens with zero attached hydrogens (tertiary/aromatic N) is 2. The summed E-state index contributed by atoms with van der Waals surface area (Å²) in [6.45, 7) is 2.15. The van der Waals surface area contributed by atoms with Crippen LogP contribution in [0, 0.1) is 0 Å². The molecule has 0 aliphatic rings. The third-order valence-corrected chi connectivity index (χ3v) is 3.21. The summed E-state index contributed by atoms with van der Waals surface area (Å²) in [6.07, 6.45) is 1.80. The summed E-state index contributed by atoms with van der Waals surface area (Å²) in [5.41, 5.74) is 0. The summed E-state index contributed by atoms with van der Waals surface area (Å²) in [5, 5.41) is 9.61. The monoisotopic (exact) mass is 207 g/mol. The largest absolute Gasteiger partial charge is 0.363 e. The highest BCUT2D eigenvalue weighted by molar-refractivity contribution is 7.10. The minimum Gasteiger partial charge on any atom is -0.363 e. The molecule has 0 radical (unpaired) electrons. The topological polar surface area (TPSA) is 29.9 Å².